The van der Waals surface area contributed by atoms with E-state index in [0.717, 1.165) is 5.56 Å². The summed E-state index contributed by atoms with van der Waals surface area (Å²) in [7, 11) is 0. The first-order valence-electron chi connectivity index (χ1n) is 3.63. The van der Waals surface area contributed by atoms with E-state index in [0.29, 0.717) is 0 Å². The van der Waals surface area contributed by atoms with E-state index in [2.05, 4.69) is 0 Å². The molecule has 1 aromatic rings. The van der Waals surface area contributed by atoms with Crippen molar-refractivity contribution in [3.05, 3.63) is 35.9 Å². The maximum atomic E-state index is 10.1. The quantitative estimate of drug-likeness (QED) is 0.505. The molecule has 0 aromatic heterocycles. The number of carboxylic acids is 1. The number of carbonyl (C=O) groups excluding carboxylic acids is 1. The van der Waals surface area contributed by atoms with Crippen molar-refractivity contribution in [1.29, 1.82) is 0 Å². The molecule has 0 heterocycles. The molecule has 5 heteroatoms. The zero-order valence-electron chi connectivity index (χ0n) is 7.93. The summed E-state index contributed by atoms with van der Waals surface area (Å²) in [6, 6.07) is 8.92. The van der Waals surface area contributed by atoms with E-state index >= 15 is 0 Å². The number of rotatable bonds is 3. The SMILES string of the molecule is O.O=C([O-])[C@@H](O)Cc1ccccc1.[Na+]. The summed E-state index contributed by atoms with van der Waals surface area (Å²) in [5.74, 6) is -1.43. The summed E-state index contributed by atoms with van der Waals surface area (Å²) >= 11 is 0. The van der Waals surface area contributed by atoms with E-state index in [9.17, 15) is 9.90 Å². The minimum Gasteiger partial charge on any atom is -0.547 e. The summed E-state index contributed by atoms with van der Waals surface area (Å²) in [6.45, 7) is 0. The van der Waals surface area contributed by atoms with Gasteiger partial charge in [-0.1, -0.05) is 30.3 Å². The Hall–Kier alpha value is -0.390. The molecule has 1 aromatic carbocycles. The van der Waals surface area contributed by atoms with Gasteiger partial charge in [-0.15, -0.1) is 0 Å². The minimum atomic E-state index is -1.43. The van der Waals surface area contributed by atoms with Crippen LogP contribution in [-0.2, 0) is 11.2 Å². The zero-order valence-corrected chi connectivity index (χ0v) is 9.93. The molecule has 0 saturated heterocycles. The number of aliphatic hydroxyl groups excluding tert-OH is 1. The van der Waals surface area contributed by atoms with E-state index in [4.69, 9.17) is 5.11 Å². The fourth-order valence-electron chi connectivity index (χ4n) is 0.921. The number of hydrogen-bond acceptors (Lipinski definition) is 3. The third-order valence-corrected chi connectivity index (χ3v) is 1.54. The first-order chi connectivity index (χ1) is 5.70. The van der Waals surface area contributed by atoms with Crippen LogP contribution < -0.4 is 34.7 Å². The molecular formula is C9H11NaO4. The second-order valence-electron chi connectivity index (χ2n) is 2.52. The Kier molecular flexibility index (Phi) is 9.13. The second kappa shape index (κ2) is 7.96. The fraction of sp³-hybridized carbons (Fsp3) is 0.222. The predicted molar refractivity (Wildman–Crippen MR) is 44.8 cm³/mol. The Labute approximate surface area is 104 Å². The van der Waals surface area contributed by atoms with Gasteiger partial charge < -0.3 is 20.5 Å². The van der Waals surface area contributed by atoms with Crippen molar-refractivity contribution in [3.8, 4) is 0 Å². The molecule has 0 aliphatic carbocycles. The van der Waals surface area contributed by atoms with Crippen molar-refractivity contribution in [2.75, 3.05) is 0 Å². The van der Waals surface area contributed by atoms with Gasteiger partial charge in [0.2, 0.25) is 0 Å². The molecule has 0 aliphatic rings. The minimum absolute atomic E-state index is 0. The third kappa shape index (κ3) is 5.36. The topological polar surface area (TPSA) is 91.9 Å². The van der Waals surface area contributed by atoms with Gasteiger partial charge >= 0.3 is 29.6 Å². The van der Waals surface area contributed by atoms with Crippen molar-refractivity contribution < 1.29 is 50.0 Å². The predicted octanol–water partition coefficient (Wildman–Crippen LogP) is -4.48. The van der Waals surface area contributed by atoms with Gasteiger partial charge in [0.05, 0.1) is 12.1 Å². The summed E-state index contributed by atoms with van der Waals surface area (Å²) in [4.78, 5) is 10.1. The molecule has 4 nitrogen and oxygen atoms in total. The van der Waals surface area contributed by atoms with Crippen LogP contribution in [0.5, 0.6) is 0 Å². The molecule has 0 aliphatic heterocycles. The Morgan fingerprint density at radius 1 is 1.36 bits per heavy atom. The van der Waals surface area contributed by atoms with Crippen LogP contribution in [0.2, 0.25) is 0 Å². The zero-order chi connectivity index (χ0) is 8.97. The average molecular weight is 206 g/mol. The van der Waals surface area contributed by atoms with Gasteiger partial charge in [-0.3, -0.25) is 0 Å². The van der Waals surface area contributed by atoms with Crippen molar-refractivity contribution in [2.24, 2.45) is 0 Å². The number of carbonyl (C=O) groups is 1. The molecule has 3 N–H and O–H groups in total. The number of aliphatic hydroxyl groups is 1. The second-order valence-corrected chi connectivity index (χ2v) is 2.52. The molecule has 1 atom stereocenters. The van der Waals surface area contributed by atoms with Crippen molar-refractivity contribution in [3.63, 3.8) is 0 Å². The van der Waals surface area contributed by atoms with Crippen LogP contribution in [0.15, 0.2) is 30.3 Å². The number of hydrogen-bond donors (Lipinski definition) is 1. The molecule has 0 bridgehead atoms. The molecule has 0 radical (unpaired) electrons. The molecule has 1 rings (SSSR count). The maximum Gasteiger partial charge on any atom is 1.00 e. The summed E-state index contributed by atoms with van der Waals surface area (Å²) in [5.41, 5.74) is 0.786. The van der Waals surface area contributed by atoms with Crippen LogP contribution in [0.25, 0.3) is 0 Å². The van der Waals surface area contributed by atoms with Gasteiger partial charge in [-0.2, -0.15) is 0 Å². The van der Waals surface area contributed by atoms with Crippen LogP contribution in [0, 0.1) is 0 Å². The van der Waals surface area contributed by atoms with Crippen molar-refractivity contribution >= 4 is 5.97 Å². The molecule has 0 unspecified atom stereocenters. The first-order valence-corrected chi connectivity index (χ1v) is 3.63. The van der Waals surface area contributed by atoms with Crippen LogP contribution in [0.3, 0.4) is 0 Å². The van der Waals surface area contributed by atoms with E-state index in [-0.39, 0.29) is 41.5 Å². The average Bonchev–Trinajstić information content (AvgIpc) is 2.06. The largest absolute Gasteiger partial charge is 1.00 e. The van der Waals surface area contributed by atoms with Gasteiger partial charge in [0.25, 0.3) is 0 Å². The van der Waals surface area contributed by atoms with Crippen molar-refractivity contribution in [2.45, 2.75) is 12.5 Å². The van der Waals surface area contributed by atoms with Crippen LogP contribution in [0.1, 0.15) is 5.56 Å². The molecule has 14 heavy (non-hydrogen) atoms. The van der Waals surface area contributed by atoms with Crippen LogP contribution in [0.4, 0.5) is 0 Å². The Morgan fingerprint density at radius 2 is 1.86 bits per heavy atom. The fourth-order valence-corrected chi connectivity index (χ4v) is 0.921. The maximum absolute atomic E-state index is 10.1. The van der Waals surface area contributed by atoms with Crippen molar-refractivity contribution in [1.82, 2.24) is 0 Å². The Bertz CT molecular complexity index is 263. The van der Waals surface area contributed by atoms with Crippen LogP contribution in [-0.4, -0.2) is 22.7 Å². The van der Waals surface area contributed by atoms with Gasteiger partial charge in [-0.05, 0) is 5.56 Å². The van der Waals surface area contributed by atoms with Gasteiger partial charge in [0, 0.05) is 6.42 Å². The van der Waals surface area contributed by atoms with E-state index in [1.54, 1.807) is 24.3 Å². The number of carboxylic acid groups (broad SMARTS) is 1. The summed E-state index contributed by atoms with van der Waals surface area (Å²) in [5, 5.41) is 19.1. The summed E-state index contributed by atoms with van der Waals surface area (Å²) < 4.78 is 0. The van der Waals surface area contributed by atoms with E-state index < -0.39 is 12.1 Å². The van der Waals surface area contributed by atoms with Gasteiger partial charge in [0.1, 0.15) is 0 Å². The normalized spacial score (nSPS) is 10.6. The van der Waals surface area contributed by atoms with Gasteiger partial charge in [0.15, 0.2) is 0 Å². The van der Waals surface area contributed by atoms with E-state index in [1.807, 2.05) is 6.07 Å². The third-order valence-electron chi connectivity index (χ3n) is 1.54. The molecule has 0 fully saturated rings. The molecule has 72 valence electrons. The van der Waals surface area contributed by atoms with Gasteiger partial charge in [-0.25, -0.2) is 0 Å². The first kappa shape index (κ1) is 16.1. The number of benzene rings is 1. The van der Waals surface area contributed by atoms with E-state index in [1.165, 1.54) is 0 Å². The standard InChI is InChI=1S/C9H10O3.Na.H2O/c10-8(9(11)12)6-7-4-2-1-3-5-7;;/h1-5,8,10H,6H2,(H,11,12);;1H2/q;+1;/p-1/t8-;;/m0../s1. The monoisotopic (exact) mass is 206 g/mol. The van der Waals surface area contributed by atoms with Crippen LogP contribution >= 0.6 is 0 Å². The molecule has 0 saturated carbocycles. The Balaban J connectivity index is 0. The Morgan fingerprint density at radius 3 is 2.29 bits per heavy atom. The molecule has 0 amide bonds. The summed E-state index contributed by atoms with van der Waals surface area (Å²) in [6.07, 6.45) is -1.31. The molecular weight excluding hydrogens is 195 g/mol. The number of aliphatic carboxylic acids is 1. The molecule has 0 spiro atoms. The smallest absolute Gasteiger partial charge is 0.547 e.